The summed E-state index contributed by atoms with van der Waals surface area (Å²) < 4.78 is 0. The van der Waals surface area contributed by atoms with Crippen LogP contribution in [0.5, 0.6) is 0 Å². The van der Waals surface area contributed by atoms with Crippen molar-refractivity contribution in [3.8, 4) is 0 Å². The van der Waals surface area contributed by atoms with E-state index in [1.165, 1.54) is 43.6 Å². The summed E-state index contributed by atoms with van der Waals surface area (Å²) in [6, 6.07) is 1.98. The summed E-state index contributed by atoms with van der Waals surface area (Å²) in [5.74, 6) is 4.41. The highest BCUT2D eigenvalue weighted by Crippen LogP contribution is 2.39. The first-order chi connectivity index (χ1) is 7.34. The minimum Gasteiger partial charge on any atom is -0.327 e. The molecule has 3 fully saturated rings. The van der Waals surface area contributed by atoms with Crippen molar-refractivity contribution in [1.82, 2.24) is 5.32 Å². The number of hydrogen-bond donors (Lipinski definition) is 2. The molecule has 0 spiro atoms. The van der Waals surface area contributed by atoms with Crippen LogP contribution in [0.15, 0.2) is 0 Å². The molecule has 0 aromatic heterocycles. The van der Waals surface area contributed by atoms with Gasteiger partial charge in [0, 0.05) is 18.1 Å². The van der Waals surface area contributed by atoms with E-state index in [0.29, 0.717) is 6.04 Å². The summed E-state index contributed by atoms with van der Waals surface area (Å²) in [6.07, 6.45) is 6.81. The monoisotopic (exact) mass is 226 g/mol. The van der Waals surface area contributed by atoms with E-state index in [9.17, 15) is 0 Å². The van der Waals surface area contributed by atoms with E-state index >= 15 is 0 Å². The summed E-state index contributed by atoms with van der Waals surface area (Å²) in [6.45, 7) is 0. The Labute approximate surface area is 96.7 Å². The van der Waals surface area contributed by atoms with Crippen LogP contribution in [0.4, 0.5) is 0 Å². The Morgan fingerprint density at radius 1 is 1.20 bits per heavy atom. The summed E-state index contributed by atoms with van der Waals surface area (Å²) in [7, 11) is 0. The Morgan fingerprint density at radius 2 is 2.13 bits per heavy atom. The van der Waals surface area contributed by atoms with Crippen LogP contribution in [0.2, 0.25) is 0 Å². The van der Waals surface area contributed by atoms with Gasteiger partial charge in [-0.1, -0.05) is 0 Å². The number of nitrogens with one attached hydrogen (secondary N) is 1. The molecule has 0 aromatic rings. The van der Waals surface area contributed by atoms with Gasteiger partial charge in [-0.3, -0.25) is 0 Å². The molecule has 0 amide bonds. The number of hydrogen-bond acceptors (Lipinski definition) is 3. The molecular formula is C12H22N2S. The molecule has 0 aromatic carbocycles. The summed E-state index contributed by atoms with van der Waals surface area (Å²) >= 11 is 2.14. The first-order valence-electron chi connectivity index (χ1n) is 6.44. The molecule has 3 aliphatic heterocycles. The van der Waals surface area contributed by atoms with Gasteiger partial charge in [-0.2, -0.15) is 11.8 Å². The number of thioether (sulfide) groups is 1. The van der Waals surface area contributed by atoms with E-state index in [1.54, 1.807) is 0 Å². The molecule has 5 unspecified atom stereocenters. The number of nitrogens with two attached hydrogens (primary N) is 1. The highest BCUT2D eigenvalue weighted by molar-refractivity contribution is 7.99. The first kappa shape index (κ1) is 10.4. The highest BCUT2D eigenvalue weighted by atomic mass is 32.2. The van der Waals surface area contributed by atoms with Gasteiger partial charge in [0.25, 0.3) is 0 Å². The lowest BCUT2D eigenvalue weighted by atomic mass is 9.76. The van der Waals surface area contributed by atoms with Crippen molar-refractivity contribution in [1.29, 1.82) is 0 Å². The number of fused-ring (bicyclic) bond motifs is 2. The van der Waals surface area contributed by atoms with Gasteiger partial charge in [0.1, 0.15) is 0 Å². The molecule has 3 N–H and O–H groups in total. The van der Waals surface area contributed by atoms with Gasteiger partial charge < -0.3 is 11.1 Å². The average Bonchev–Trinajstić information content (AvgIpc) is 2.62. The predicted octanol–water partition coefficient (Wildman–Crippen LogP) is 1.60. The molecule has 3 aliphatic rings. The van der Waals surface area contributed by atoms with Crippen molar-refractivity contribution in [3.05, 3.63) is 0 Å². The standard InChI is InChI=1S/C12H22N2S/c13-10-6-9-3-4-11(14-9)12(10)8-2-1-5-15-7-8/h8-12,14H,1-7,13H2. The smallest absolute Gasteiger partial charge is 0.0116 e. The van der Waals surface area contributed by atoms with Crippen LogP contribution in [-0.4, -0.2) is 29.6 Å². The third-order valence-electron chi connectivity index (χ3n) is 4.53. The minimum absolute atomic E-state index is 0.479. The molecule has 0 aliphatic carbocycles. The second kappa shape index (κ2) is 4.27. The Kier molecular flexibility index (Phi) is 2.97. The van der Waals surface area contributed by atoms with Crippen molar-refractivity contribution in [3.63, 3.8) is 0 Å². The molecule has 3 rings (SSSR count). The molecule has 86 valence electrons. The maximum Gasteiger partial charge on any atom is 0.0116 e. The Hall–Kier alpha value is 0.270. The van der Waals surface area contributed by atoms with Crippen LogP contribution in [0.3, 0.4) is 0 Å². The van der Waals surface area contributed by atoms with E-state index in [2.05, 4.69) is 17.1 Å². The lowest BCUT2D eigenvalue weighted by Crippen LogP contribution is -2.54. The summed E-state index contributed by atoms with van der Waals surface area (Å²) in [4.78, 5) is 0. The summed E-state index contributed by atoms with van der Waals surface area (Å²) in [5, 5.41) is 3.78. The maximum atomic E-state index is 6.38. The molecule has 0 saturated carbocycles. The highest BCUT2D eigenvalue weighted by Gasteiger charge is 2.43. The Bertz CT molecular complexity index is 228. The molecular weight excluding hydrogens is 204 g/mol. The molecule has 15 heavy (non-hydrogen) atoms. The van der Waals surface area contributed by atoms with Gasteiger partial charge in [-0.15, -0.1) is 0 Å². The van der Waals surface area contributed by atoms with E-state index in [4.69, 9.17) is 5.73 Å². The van der Waals surface area contributed by atoms with Crippen LogP contribution in [0.1, 0.15) is 32.1 Å². The Morgan fingerprint density at radius 3 is 2.93 bits per heavy atom. The van der Waals surface area contributed by atoms with Gasteiger partial charge in [-0.25, -0.2) is 0 Å². The minimum atomic E-state index is 0.479. The van der Waals surface area contributed by atoms with Gasteiger partial charge in [0.15, 0.2) is 0 Å². The first-order valence-corrected chi connectivity index (χ1v) is 7.59. The lowest BCUT2D eigenvalue weighted by molar-refractivity contribution is 0.179. The van der Waals surface area contributed by atoms with Crippen LogP contribution in [-0.2, 0) is 0 Å². The van der Waals surface area contributed by atoms with E-state index in [-0.39, 0.29) is 0 Å². The van der Waals surface area contributed by atoms with Crippen LogP contribution in [0.25, 0.3) is 0 Å². The molecule has 3 heteroatoms. The molecule has 3 saturated heterocycles. The fourth-order valence-electron chi connectivity index (χ4n) is 3.87. The maximum absolute atomic E-state index is 6.38. The van der Waals surface area contributed by atoms with E-state index < -0.39 is 0 Å². The third-order valence-corrected chi connectivity index (χ3v) is 5.77. The van der Waals surface area contributed by atoms with Crippen molar-refractivity contribution in [2.75, 3.05) is 11.5 Å². The van der Waals surface area contributed by atoms with Crippen molar-refractivity contribution < 1.29 is 0 Å². The molecule has 2 nitrogen and oxygen atoms in total. The van der Waals surface area contributed by atoms with E-state index in [1.807, 2.05) is 0 Å². The fraction of sp³-hybridized carbons (Fsp3) is 1.00. The van der Waals surface area contributed by atoms with Crippen LogP contribution >= 0.6 is 11.8 Å². The number of piperidine rings is 1. The van der Waals surface area contributed by atoms with Gasteiger partial charge in [0.05, 0.1) is 0 Å². The normalized spacial score (nSPS) is 50.6. The zero-order valence-corrected chi connectivity index (χ0v) is 10.1. The molecule has 2 bridgehead atoms. The zero-order chi connectivity index (χ0) is 10.3. The number of rotatable bonds is 1. The fourth-order valence-corrected chi connectivity index (χ4v) is 5.10. The predicted molar refractivity (Wildman–Crippen MR) is 66.1 cm³/mol. The Balaban J connectivity index is 1.71. The molecule has 5 atom stereocenters. The largest absolute Gasteiger partial charge is 0.327 e. The van der Waals surface area contributed by atoms with Gasteiger partial charge >= 0.3 is 0 Å². The van der Waals surface area contributed by atoms with Crippen molar-refractivity contribution in [2.45, 2.75) is 50.2 Å². The quantitative estimate of drug-likeness (QED) is 0.713. The van der Waals surface area contributed by atoms with Crippen molar-refractivity contribution in [2.24, 2.45) is 17.6 Å². The molecule has 3 heterocycles. The second-order valence-electron chi connectivity index (χ2n) is 5.50. The SMILES string of the molecule is NC1CC2CCC(N2)C1C1CCCSC1. The lowest BCUT2D eigenvalue weighted by Gasteiger charge is -2.41. The second-order valence-corrected chi connectivity index (χ2v) is 6.65. The topological polar surface area (TPSA) is 38.0 Å². The summed E-state index contributed by atoms with van der Waals surface area (Å²) in [5.41, 5.74) is 6.38. The van der Waals surface area contributed by atoms with Crippen LogP contribution < -0.4 is 11.1 Å². The van der Waals surface area contributed by atoms with Crippen LogP contribution in [0, 0.1) is 11.8 Å². The average molecular weight is 226 g/mol. The van der Waals surface area contributed by atoms with Crippen molar-refractivity contribution >= 4 is 11.8 Å². The molecule has 0 radical (unpaired) electrons. The van der Waals surface area contributed by atoms with Gasteiger partial charge in [0.2, 0.25) is 0 Å². The van der Waals surface area contributed by atoms with Gasteiger partial charge in [-0.05, 0) is 55.4 Å². The van der Waals surface area contributed by atoms with E-state index in [0.717, 1.165) is 23.9 Å². The zero-order valence-electron chi connectivity index (χ0n) is 9.32. The third kappa shape index (κ3) is 1.94.